The fourth-order valence-electron chi connectivity index (χ4n) is 0.656. The van der Waals surface area contributed by atoms with Gasteiger partial charge in [0.2, 0.25) is 0 Å². The molecule has 0 unspecified atom stereocenters. The molecule has 0 radical (unpaired) electrons. The SMILES string of the molecule is NNc1c(S)cccc1I. The summed E-state index contributed by atoms with van der Waals surface area (Å²) in [6.45, 7) is 0. The Morgan fingerprint density at radius 1 is 1.50 bits per heavy atom. The first-order chi connectivity index (χ1) is 4.75. The van der Waals surface area contributed by atoms with E-state index in [1.165, 1.54) is 0 Å². The number of anilines is 1. The molecule has 0 bridgehead atoms. The molecule has 0 spiro atoms. The van der Waals surface area contributed by atoms with Gasteiger partial charge >= 0.3 is 0 Å². The van der Waals surface area contributed by atoms with Gasteiger partial charge in [-0.2, -0.15) is 0 Å². The first-order valence-corrected chi connectivity index (χ1v) is 4.22. The smallest absolute Gasteiger partial charge is 0.0753 e. The van der Waals surface area contributed by atoms with Crippen molar-refractivity contribution < 1.29 is 0 Å². The molecular weight excluding hydrogens is 259 g/mol. The average molecular weight is 266 g/mol. The van der Waals surface area contributed by atoms with E-state index in [1.807, 2.05) is 18.2 Å². The molecule has 0 amide bonds. The maximum absolute atomic E-state index is 5.25. The molecule has 1 aromatic rings. The highest BCUT2D eigenvalue weighted by atomic mass is 127. The minimum absolute atomic E-state index is 0.870. The summed E-state index contributed by atoms with van der Waals surface area (Å²) in [5.74, 6) is 5.25. The van der Waals surface area contributed by atoms with Crippen molar-refractivity contribution in [2.24, 2.45) is 5.84 Å². The fourth-order valence-corrected chi connectivity index (χ4v) is 1.79. The van der Waals surface area contributed by atoms with Crippen molar-refractivity contribution in [1.29, 1.82) is 0 Å². The summed E-state index contributed by atoms with van der Waals surface area (Å²) in [5.41, 5.74) is 3.46. The van der Waals surface area contributed by atoms with Crippen molar-refractivity contribution in [2.45, 2.75) is 4.90 Å². The lowest BCUT2D eigenvalue weighted by Gasteiger charge is -2.04. The van der Waals surface area contributed by atoms with Gasteiger partial charge in [0.1, 0.15) is 0 Å². The molecule has 0 atom stereocenters. The van der Waals surface area contributed by atoms with Gasteiger partial charge in [-0.05, 0) is 34.7 Å². The molecular formula is C6H7IN2S. The standard InChI is InChI=1S/C6H7IN2S/c7-4-2-1-3-5(10)6(4)9-8/h1-3,9-10H,8H2. The van der Waals surface area contributed by atoms with Crippen molar-refractivity contribution in [3.05, 3.63) is 21.8 Å². The highest BCUT2D eigenvalue weighted by Crippen LogP contribution is 2.24. The van der Waals surface area contributed by atoms with Crippen molar-refractivity contribution in [1.82, 2.24) is 0 Å². The Morgan fingerprint density at radius 2 is 2.20 bits per heavy atom. The van der Waals surface area contributed by atoms with Crippen LogP contribution in [0.25, 0.3) is 0 Å². The van der Waals surface area contributed by atoms with E-state index >= 15 is 0 Å². The lowest BCUT2D eigenvalue weighted by atomic mass is 10.3. The lowest BCUT2D eigenvalue weighted by Crippen LogP contribution is -2.08. The Balaban J connectivity index is 3.17. The van der Waals surface area contributed by atoms with Crippen LogP contribution < -0.4 is 11.3 Å². The van der Waals surface area contributed by atoms with Gasteiger partial charge in [0.05, 0.1) is 5.69 Å². The number of nitrogen functional groups attached to an aromatic ring is 1. The number of thiol groups is 1. The molecule has 0 saturated heterocycles. The summed E-state index contributed by atoms with van der Waals surface area (Å²) < 4.78 is 1.08. The molecule has 0 heterocycles. The third kappa shape index (κ3) is 1.56. The third-order valence-corrected chi connectivity index (χ3v) is 2.41. The monoisotopic (exact) mass is 266 g/mol. The zero-order valence-electron chi connectivity index (χ0n) is 5.13. The molecule has 4 heteroatoms. The van der Waals surface area contributed by atoms with Gasteiger partial charge in [-0.25, -0.2) is 0 Å². The van der Waals surface area contributed by atoms with E-state index in [0.717, 1.165) is 14.2 Å². The number of hydrazine groups is 1. The van der Waals surface area contributed by atoms with Crippen LogP contribution in [-0.4, -0.2) is 0 Å². The summed E-state index contributed by atoms with van der Waals surface area (Å²) in [4.78, 5) is 0.870. The van der Waals surface area contributed by atoms with E-state index in [2.05, 4.69) is 40.6 Å². The van der Waals surface area contributed by atoms with Crippen LogP contribution in [0.1, 0.15) is 0 Å². The van der Waals surface area contributed by atoms with E-state index < -0.39 is 0 Å². The molecule has 0 fully saturated rings. The number of halogens is 1. The molecule has 10 heavy (non-hydrogen) atoms. The summed E-state index contributed by atoms with van der Waals surface area (Å²) in [7, 11) is 0. The predicted molar refractivity (Wildman–Crippen MR) is 54.2 cm³/mol. The Bertz CT molecular complexity index is 219. The highest BCUT2D eigenvalue weighted by Gasteiger charge is 1.99. The summed E-state index contributed by atoms with van der Waals surface area (Å²) >= 11 is 6.40. The van der Waals surface area contributed by atoms with Gasteiger partial charge in [0.25, 0.3) is 0 Å². The molecule has 3 N–H and O–H groups in total. The van der Waals surface area contributed by atoms with Crippen molar-refractivity contribution in [3.8, 4) is 0 Å². The quantitative estimate of drug-likeness (QED) is 0.314. The first-order valence-electron chi connectivity index (χ1n) is 2.70. The number of nitrogens with two attached hydrogens (primary N) is 1. The number of rotatable bonds is 1. The maximum Gasteiger partial charge on any atom is 0.0753 e. The van der Waals surface area contributed by atoms with Crippen LogP contribution in [0.4, 0.5) is 5.69 Å². The topological polar surface area (TPSA) is 38.0 Å². The van der Waals surface area contributed by atoms with Crippen LogP contribution in [0, 0.1) is 3.57 Å². The van der Waals surface area contributed by atoms with E-state index in [-0.39, 0.29) is 0 Å². The molecule has 1 aromatic carbocycles. The number of nitrogens with one attached hydrogen (secondary N) is 1. The van der Waals surface area contributed by atoms with Crippen LogP contribution in [0.3, 0.4) is 0 Å². The van der Waals surface area contributed by atoms with E-state index in [9.17, 15) is 0 Å². The van der Waals surface area contributed by atoms with E-state index in [4.69, 9.17) is 5.84 Å². The minimum atomic E-state index is 0.870. The first kappa shape index (κ1) is 8.16. The Kier molecular flexibility index (Phi) is 2.82. The zero-order chi connectivity index (χ0) is 7.56. The summed E-state index contributed by atoms with van der Waals surface area (Å²) in [5, 5.41) is 0. The molecule has 0 aliphatic carbocycles. The molecule has 0 saturated carbocycles. The average Bonchev–Trinajstić information content (AvgIpc) is 1.88. The van der Waals surface area contributed by atoms with Gasteiger partial charge in [0.15, 0.2) is 0 Å². The van der Waals surface area contributed by atoms with Crippen LogP contribution in [0.15, 0.2) is 23.1 Å². The van der Waals surface area contributed by atoms with Crippen molar-refractivity contribution >= 4 is 40.9 Å². The number of hydrogen-bond acceptors (Lipinski definition) is 3. The van der Waals surface area contributed by atoms with Crippen LogP contribution in [0.5, 0.6) is 0 Å². The molecule has 0 aliphatic rings. The minimum Gasteiger partial charge on any atom is -0.322 e. The van der Waals surface area contributed by atoms with Gasteiger partial charge in [-0.1, -0.05) is 6.07 Å². The molecule has 2 nitrogen and oxygen atoms in total. The second-order valence-corrected chi connectivity index (χ2v) is 3.42. The lowest BCUT2D eigenvalue weighted by molar-refractivity contribution is 1.28. The van der Waals surface area contributed by atoms with E-state index in [1.54, 1.807) is 0 Å². The predicted octanol–water partition coefficient (Wildman–Crippen LogP) is 1.87. The van der Waals surface area contributed by atoms with Gasteiger partial charge in [-0.15, -0.1) is 12.6 Å². The van der Waals surface area contributed by atoms with Crippen molar-refractivity contribution in [2.75, 3.05) is 5.43 Å². The van der Waals surface area contributed by atoms with Gasteiger partial charge in [-0.3, -0.25) is 5.84 Å². The molecule has 54 valence electrons. The van der Waals surface area contributed by atoms with Crippen LogP contribution in [-0.2, 0) is 0 Å². The van der Waals surface area contributed by atoms with Gasteiger partial charge < -0.3 is 5.43 Å². The van der Waals surface area contributed by atoms with Crippen molar-refractivity contribution in [3.63, 3.8) is 0 Å². The van der Waals surface area contributed by atoms with Gasteiger partial charge in [0, 0.05) is 8.47 Å². The molecule has 0 aromatic heterocycles. The molecule has 0 aliphatic heterocycles. The Labute approximate surface area is 78.7 Å². The fraction of sp³-hybridized carbons (Fsp3) is 0. The summed E-state index contributed by atoms with van der Waals surface area (Å²) in [6.07, 6.45) is 0. The van der Waals surface area contributed by atoms with Crippen LogP contribution in [0.2, 0.25) is 0 Å². The van der Waals surface area contributed by atoms with E-state index in [0.29, 0.717) is 0 Å². The Hall–Kier alpha value is 0.0600. The maximum atomic E-state index is 5.25. The van der Waals surface area contributed by atoms with Crippen LogP contribution >= 0.6 is 35.2 Å². The normalized spacial score (nSPS) is 9.50. The highest BCUT2D eigenvalue weighted by molar-refractivity contribution is 14.1. The second-order valence-electron chi connectivity index (χ2n) is 1.78. The number of benzene rings is 1. The second kappa shape index (κ2) is 3.45. The summed E-state index contributed by atoms with van der Waals surface area (Å²) in [6, 6.07) is 5.79. The zero-order valence-corrected chi connectivity index (χ0v) is 8.19. The largest absolute Gasteiger partial charge is 0.322 e. The third-order valence-electron chi connectivity index (χ3n) is 1.14. The molecule has 1 rings (SSSR count). The Morgan fingerprint density at radius 3 is 2.60 bits per heavy atom. The number of hydrogen-bond donors (Lipinski definition) is 3. The number of para-hydroxylation sites is 1.